The average molecular weight is 247 g/mol. The number of hydrogen-bond donors (Lipinski definition) is 1. The molecule has 1 aromatic carbocycles. The Hall–Kier alpha value is -1.51. The van der Waals surface area contributed by atoms with E-state index in [2.05, 4.69) is 4.90 Å². The fourth-order valence-corrected chi connectivity index (χ4v) is 2.71. The highest BCUT2D eigenvalue weighted by molar-refractivity contribution is 5.74. The Labute approximate surface area is 108 Å². The van der Waals surface area contributed by atoms with Crippen LogP contribution in [-0.4, -0.2) is 23.7 Å². The highest BCUT2D eigenvalue weighted by Gasteiger charge is 2.23. The molecule has 0 atom stereocenters. The lowest BCUT2D eigenvalue weighted by Crippen LogP contribution is -2.40. The van der Waals surface area contributed by atoms with Gasteiger partial charge in [-0.2, -0.15) is 0 Å². The molecule has 0 amide bonds. The molecule has 0 spiro atoms. The first-order valence-electron chi connectivity index (χ1n) is 6.72. The molecule has 0 aromatic heterocycles. The fraction of sp³-hybridized carbons (Fsp3) is 0.533. The Morgan fingerprint density at radius 1 is 1.22 bits per heavy atom. The maximum Gasteiger partial charge on any atom is 0.323 e. The van der Waals surface area contributed by atoms with E-state index >= 15 is 0 Å². The van der Waals surface area contributed by atoms with Gasteiger partial charge in [-0.1, -0.05) is 37.0 Å². The summed E-state index contributed by atoms with van der Waals surface area (Å²) in [6.45, 7) is 2.15. The number of aliphatic carboxylic acids is 1. The molecule has 3 nitrogen and oxygen atoms in total. The fourth-order valence-electron chi connectivity index (χ4n) is 2.71. The topological polar surface area (TPSA) is 40.5 Å². The summed E-state index contributed by atoms with van der Waals surface area (Å²) in [5.74, 6) is -0.749. The van der Waals surface area contributed by atoms with Crippen LogP contribution in [0.3, 0.4) is 0 Å². The second kappa shape index (κ2) is 5.89. The molecule has 1 fully saturated rings. The SMILES string of the molecule is Cc1ccc(N(CC(=O)O)C2CCCCC2)cc1. The third kappa shape index (κ3) is 3.25. The summed E-state index contributed by atoms with van der Waals surface area (Å²) in [7, 11) is 0. The van der Waals surface area contributed by atoms with E-state index < -0.39 is 5.97 Å². The van der Waals surface area contributed by atoms with Gasteiger partial charge in [-0.25, -0.2) is 0 Å². The van der Waals surface area contributed by atoms with Crippen molar-refractivity contribution in [1.29, 1.82) is 0 Å². The van der Waals surface area contributed by atoms with E-state index in [0.717, 1.165) is 18.5 Å². The van der Waals surface area contributed by atoms with Gasteiger partial charge < -0.3 is 10.0 Å². The molecule has 1 aliphatic rings. The molecule has 18 heavy (non-hydrogen) atoms. The molecule has 98 valence electrons. The second-order valence-electron chi connectivity index (χ2n) is 5.15. The van der Waals surface area contributed by atoms with Crippen molar-refractivity contribution in [2.24, 2.45) is 0 Å². The lowest BCUT2D eigenvalue weighted by molar-refractivity contribution is -0.135. The molecule has 1 N–H and O–H groups in total. The molecule has 1 aromatic rings. The Morgan fingerprint density at radius 3 is 2.39 bits per heavy atom. The van der Waals surface area contributed by atoms with Crippen LogP contribution in [0, 0.1) is 6.92 Å². The number of nitrogens with zero attached hydrogens (tertiary/aromatic N) is 1. The summed E-state index contributed by atoms with van der Waals surface area (Å²) >= 11 is 0. The molecular formula is C15H21NO2. The number of benzene rings is 1. The van der Waals surface area contributed by atoms with E-state index in [-0.39, 0.29) is 6.54 Å². The Kier molecular flexibility index (Phi) is 4.24. The van der Waals surface area contributed by atoms with Crippen molar-refractivity contribution in [3.05, 3.63) is 29.8 Å². The first kappa shape index (κ1) is 12.9. The first-order chi connectivity index (χ1) is 8.66. The van der Waals surface area contributed by atoms with Crippen LogP contribution >= 0.6 is 0 Å². The van der Waals surface area contributed by atoms with Crippen molar-refractivity contribution in [3.8, 4) is 0 Å². The molecule has 0 bridgehead atoms. The Morgan fingerprint density at radius 2 is 1.83 bits per heavy atom. The number of rotatable bonds is 4. The Bertz CT molecular complexity index is 393. The number of carbonyl (C=O) groups is 1. The van der Waals surface area contributed by atoms with Crippen molar-refractivity contribution < 1.29 is 9.90 Å². The normalized spacial score (nSPS) is 16.5. The van der Waals surface area contributed by atoms with E-state index in [1.54, 1.807) is 0 Å². The van der Waals surface area contributed by atoms with Crippen molar-refractivity contribution >= 4 is 11.7 Å². The van der Waals surface area contributed by atoms with Gasteiger partial charge >= 0.3 is 5.97 Å². The quantitative estimate of drug-likeness (QED) is 0.888. The minimum absolute atomic E-state index is 0.105. The third-order valence-corrected chi connectivity index (χ3v) is 3.69. The predicted molar refractivity (Wildman–Crippen MR) is 73.0 cm³/mol. The van der Waals surface area contributed by atoms with Gasteiger partial charge in [0.2, 0.25) is 0 Å². The zero-order chi connectivity index (χ0) is 13.0. The van der Waals surface area contributed by atoms with Crippen molar-refractivity contribution in [2.45, 2.75) is 45.1 Å². The first-order valence-corrected chi connectivity index (χ1v) is 6.72. The molecule has 0 unspecified atom stereocenters. The van der Waals surface area contributed by atoms with Crippen LogP contribution in [0.25, 0.3) is 0 Å². The van der Waals surface area contributed by atoms with E-state index in [1.807, 2.05) is 31.2 Å². The van der Waals surface area contributed by atoms with Gasteiger partial charge in [-0.05, 0) is 31.9 Å². The minimum atomic E-state index is -0.749. The molecule has 0 heterocycles. The summed E-state index contributed by atoms with van der Waals surface area (Å²) in [5.41, 5.74) is 2.24. The molecule has 1 saturated carbocycles. The van der Waals surface area contributed by atoms with E-state index in [4.69, 9.17) is 5.11 Å². The molecule has 2 rings (SSSR count). The van der Waals surface area contributed by atoms with Crippen LogP contribution in [0.4, 0.5) is 5.69 Å². The van der Waals surface area contributed by atoms with E-state index in [0.29, 0.717) is 6.04 Å². The van der Waals surface area contributed by atoms with Gasteiger partial charge in [0, 0.05) is 11.7 Å². The zero-order valence-electron chi connectivity index (χ0n) is 10.9. The zero-order valence-corrected chi connectivity index (χ0v) is 10.9. The largest absolute Gasteiger partial charge is 0.480 e. The predicted octanol–water partition coefficient (Wildman–Crippen LogP) is 3.22. The Balaban J connectivity index is 2.17. The smallest absolute Gasteiger partial charge is 0.323 e. The average Bonchev–Trinajstić information content (AvgIpc) is 2.38. The summed E-state index contributed by atoms with van der Waals surface area (Å²) in [4.78, 5) is 13.1. The maximum absolute atomic E-state index is 11.1. The van der Waals surface area contributed by atoms with Gasteiger partial charge in [-0.3, -0.25) is 4.79 Å². The summed E-state index contributed by atoms with van der Waals surface area (Å²) in [5, 5.41) is 9.09. The standard InChI is InChI=1S/C15H21NO2/c1-12-7-9-14(10-8-12)16(11-15(17)18)13-5-3-2-4-6-13/h7-10,13H,2-6,11H2,1H3,(H,17,18). The molecule has 0 saturated heterocycles. The number of hydrogen-bond acceptors (Lipinski definition) is 2. The number of aryl methyl sites for hydroxylation is 1. The van der Waals surface area contributed by atoms with Crippen LogP contribution < -0.4 is 4.90 Å². The second-order valence-corrected chi connectivity index (χ2v) is 5.15. The van der Waals surface area contributed by atoms with Gasteiger partial charge in [-0.15, -0.1) is 0 Å². The van der Waals surface area contributed by atoms with E-state index in [9.17, 15) is 4.79 Å². The summed E-state index contributed by atoms with van der Waals surface area (Å²) in [6, 6.07) is 8.55. The third-order valence-electron chi connectivity index (χ3n) is 3.69. The van der Waals surface area contributed by atoms with Gasteiger partial charge in [0.05, 0.1) is 0 Å². The van der Waals surface area contributed by atoms with Gasteiger partial charge in [0.1, 0.15) is 6.54 Å². The summed E-state index contributed by atoms with van der Waals surface area (Å²) in [6.07, 6.45) is 5.94. The highest BCUT2D eigenvalue weighted by atomic mass is 16.4. The lowest BCUT2D eigenvalue weighted by atomic mass is 9.93. The molecule has 0 aliphatic heterocycles. The number of carboxylic acid groups (broad SMARTS) is 1. The van der Waals surface area contributed by atoms with Crippen molar-refractivity contribution in [3.63, 3.8) is 0 Å². The van der Waals surface area contributed by atoms with Crippen LogP contribution in [0.2, 0.25) is 0 Å². The van der Waals surface area contributed by atoms with Crippen molar-refractivity contribution in [1.82, 2.24) is 0 Å². The van der Waals surface area contributed by atoms with Crippen LogP contribution in [-0.2, 0) is 4.79 Å². The highest BCUT2D eigenvalue weighted by Crippen LogP contribution is 2.27. The molecule has 3 heteroatoms. The molecular weight excluding hydrogens is 226 g/mol. The minimum Gasteiger partial charge on any atom is -0.480 e. The maximum atomic E-state index is 11.1. The number of carboxylic acids is 1. The van der Waals surface area contributed by atoms with Crippen LogP contribution in [0.1, 0.15) is 37.7 Å². The van der Waals surface area contributed by atoms with Crippen LogP contribution in [0.15, 0.2) is 24.3 Å². The number of anilines is 1. The summed E-state index contributed by atoms with van der Waals surface area (Å²) < 4.78 is 0. The van der Waals surface area contributed by atoms with Gasteiger partial charge in [0.25, 0.3) is 0 Å². The van der Waals surface area contributed by atoms with E-state index in [1.165, 1.54) is 24.8 Å². The molecule has 1 aliphatic carbocycles. The van der Waals surface area contributed by atoms with Crippen molar-refractivity contribution in [2.75, 3.05) is 11.4 Å². The molecule has 0 radical (unpaired) electrons. The lowest BCUT2D eigenvalue weighted by Gasteiger charge is -2.35. The monoisotopic (exact) mass is 247 g/mol. The van der Waals surface area contributed by atoms with Crippen LogP contribution in [0.5, 0.6) is 0 Å². The van der Waals surface area contributed by atoms with Gasteiger partial charge in [0.15, 0.2) is 0 Å².